The van der Waals surface area contributed by atoms with Crippen molar-refractivity contribution in [1.29, 1.82) is 0 Å². The number of carboxylic acid groups (broad SMARTS) is 2. The van der Waals surface area contributed by atoms with Gasteiger partial charge in [0.15, 0.2) is 0 Å². The fourth-order valence-electron chi connectivity index (χ4n) is 1.20. The highest BCUT2D eigenvalue weighted by molar-refractivity contribution is 5.86. The van der Waals surface area contributed by atoms with E-state index in [2.05, 4.69) is 0 Å². The second-order valence-corrected chi connectivity index (χ2v) is 3.83. The zero-order chi connectivity index (χ0) is 15.2. The van der Waals surface area contributed by atoms with Crippen molar-refractivity contribution in [3.63, 3.8) is 0 Å². The minimum atomic E-state index is -4.47. The normalized spacial score (nSPS) is 14.3. The van der Waals surface area contributed by atoms with Crippen molar-refractivity contribution in [2.45, 2.75) is 38.0 Å². The molecule has 0 bridgehead atoms. The van der Waals surface area contributed by atoms with Gasteiger partial charge in [-0.2, -0.15) is 13.2 Å². The highest BCUT2D eigenvalue weighted by Gasteiger charge is 2.31. The first kappa shape index (κ1) is 17.0. The van der Waals surface area contributed by atoms with Crippen LogP contribution in [0.15, 0.2) is 0 Å². The first-order valence-electron chi connectivity index (χ1n) is 5.09. The van der Waals surface area contributed by atoms with E-state index in [0.29, 0.717) is 0 Å². The Morgan fingerprint density at radius 3 is 2.05 bits per heavy atom. The van der Waals surface area contributed by atoms with Crippen LogP contribution in [0, 0.1) is 0 Å². The number of carbonyl (C=O) groups excluding carboxylic acids is 1. The van der Waals surface area contributed by atoms with Crippen LogP contribution in [0.25, 0.3) is 0 Å². The van der Waals surface area contributed by atoms with Crippen molar-refractivity contribution in [2.75, 3.05) is 0 Å². The minimum absolute atomic E-state index is 0.879. The lowest BCUT2D eigenvalue weighted by Gasteiger charge is -2.18. The number of alkyl halides is 3. The SMILES string of the molecule is CC(CC(F)(F)F)NC(=O)N[C@@H](CC(=O)O)C(=O)O. The van der Waals surface area contributed by atoms with Gasteiger partial charge in [-0.25, -0.2) is 9.59 Å². The molecule has 10 heteroatoms. The predicted octanol–water partition coefficient (Wildman–Crippen LogP) is 0.554. The van der Waals surface area contributed by atoms with Crippen molar-refractivity contribution in [3.8, 4) is 0 Å². The summed E-state index contributed by atoms with van der Waals surface area (Å²) < 4.78 is 35.9. The maximum absolute atomic E-state index is 12.0. The van der Waals surface area contributed by atoms with Crippen LogP contribution in [0.2, 0.25) is 0 Å². The lowest BCUT2D eigenvalue weighted by atomic mass is 10.2. The summed E-state index contributed by atoms with van der Waals surface area (Å²) in [5.74, 6) is -3.06. The van der Waals surface area contributed by atoms with Gasteiger partial charge in [0.2, 0.25) is 0 Å². The second kappa shape index (κ2) is 6.81. The molecule has 0 heterocycles. The van der Waals surface area contributed by atoms with Crippen LogP contribution in [-0.2, 0) is 9.59 Å². The Morgan fingerprint density at radius 2 is 1.68 bits per heavy atom. The Kier molecular flexibility index (Phi) is 6.09. The highest BCUT2D eigenvalue weighted by Crippen LogP contribution is 2.21. The number of hydrogen-bond acceptors (Lipinski definition) is 3. The third-order valence-electron chi connectivity index (χ3n) is 1.90. The fourth-order valence-corrected chi connectivity index (χ4v) is 1.20. The molecule has 0 aromatic rings. The van der Waals surface area contributed by atoms with E-state index in [1.165, 1.54) is 0 Å². The molecule has 0 fully saturated rings. The van der Waals surface area contributed by atoms with Crippen molar-refractivity contribution < 1.29 is 37.8 Å². The van der Waals surface area contributed by atoms with Crippen LogP contribution in [0.3, 0.4) is 0 Å². The summed E-state index contributed by atoms with van der Waals surface area (Å²) in [6.07, 6.45) is -6.63. The number of amides is 2. The minimum Gasteiger partial charge on any atom is -0.481 e. The molecule has 1 unspecified atom stereocenters. The second-order valence-electron chi connectivity index (χ2n) is 3.83. The van der Waals surface area contributed by atoms with Gasteiger partial charge in [-0.15, -0.1) is 0 Å². The molecule has 0 rings (SSSR count). The Hall–Kier alpha value is -2.00. The first-order chi connectivity index (χ1) is 8.51. The van der Waals surface area contributed by atoms with Crippen LogP contribution in [0.4, 0.5) is 18.0 Å². The molecule has 2 atom stereocenters. The number of urea groups is 1. The summed E-state index contributed by atoms with van der Waals surface area (Å²) in [7, 11) is 0. The smallest absolute Gasteiger partial charge is 0.391 e. The van der Waals surface area contributed by atoms with Crippen LogP contribution in [0.1, 0.15) is 19.8 Å². The van der Waals surface area contributed by atoms with E-state index < -0.39 is 49.1 Å². The Morgan fingerprint density at radius 1 is 1.16 bits per heavy atom. The molecule has 0 aliphatic carbocycles. The van der Waals surface area contributed by atoms with E-state index in [0.717, 1.165) is 6.92 Å². The molecule has 110 valence electrons. The van der Waals surface area contributed by atoms with E-state index >= 15 is 0 Å². The Labute approximate surface area is 105 Å². The van der Waals surface area contributed by atoms with Gasteiger partial charge in [-0.05, 0) is 6.92 Å². The highest BCUT2D eigenvalue weighted by atomic mass is 19.4. The molecule has 0 aromatic heterocycles. The Bertz CT molecular complexity index is 358. The molecular weight excluding hydrogens is 273 g/mol. The third kappa shape index (κ3) is 8.69. The number of carboxylic acids is 2. The molecule has 19 heavy (non-hydrogen) atoms. The van der Waals surface area contributed by atoms with E-state index in [1.807, 2.05) is 5.32 Å². The molecule has 2 amide bonds. The average Bonchev–Trinajstić information content (AvgIpc) is 2.11. The number of rotatable bonds is 6. The molecule has 0 saturated carbocycles. The van der Waals surface area contributed by atoms with Gasteiger partial charge < -0.3 is 20.8 Å². The van der Waals surface area contributed by atoms with Crippen LogP contribution >= 0.6 is 0 Å². The van der Waals surface area contributed by atoms with Crippen LogP contribution < -0.4 is 10.6 Å². The zero-order valence-corrected chi connectivity index (χ0v) is 9.82. The van der Waals surface area contributed by atoms with Gasteiger partial charge in [-0.1, -0.05) is 0 Å². The molecule has 0 aliphatic heterocycles. The summed E-state index contributed by atoms with van der Waals surface area (Å²) in [5.41, 5.74) is 0. The molecule has 0 aliphatic rings. The molecule has 0 saturated heterocycles. The van der Waals surface area contributed by atoms with Gasteiger partial charge in [0.1, 0.15) is 6.04 Å². The summed E-state index contributed by atoms with van der Waals surface area (Å²) >= 11 is 0. The summed E-state index contributed by atoms with van der Waals surface area (Å²) in [6.45, 7) is 1.08. The summed E-state index contributed by atoms with van der Waals surface area (Å²) in [6, 6.07) is -4.15. The first-order valence-corrected chi connectivity index (χ1v) is 5.09. The molecule has 7 nitrogen and oxygen atoms in total. The average molecular weight is 286 g/mol. The number of nitrogens with one attached hydrogen (secondary N) is 2. The monoisotopic (exact) mass is 286 g/mol. The summed E-state index contributed by atoms with van der Waals surface area (Å²) in [5, 5.41) is 20.6. The predicted molar refractivity (Wildman–Crippen MR) is 55.5 cm³/mol. The summed E-state index contributed by atoms with van der Waals surface area (Å²) in [4.78, 5) is 32.1. The van der Waals surface area contributed by atoms with Gasteiger partial charge in [0, 0.05) is 6.04 Å². The van der Waals surface area contributed by atoms with Crippen molar-refractivity contribution >= 4 is 18.0 Å². The van der Waals surface area contributed by atoms with Crippen LogP contribution in [0.5, 0.6) is 0 Å². The largest absolute Gasteiger partial charge is 0.481 e. The molecule has 0 aromatic carbocycles. The third-order valence-corrected chi connectivity index (χ3v) is 1.90. The lowest BCUT2D eigenvalue weighted by Crippen LogP contribution is -2.49. The quantitative estimate of drug-likeness (QED) is 0.569. The van der Waals surface area contributed by atoms with Crippen LogP contribution in [-0.4, -0.2) is 46.4 Å². The van der Waals surface area contributed by atoms with E-state index in [1.54, 1.807) is 5.32 Å². The molecular formula is C9H13F3N2O5. The van der Waals surface area contributed by atoms with Crippen molar-refractivity contribution in [2.24, 2.45) is 0 Å². The Balaban J connectivity index is 4.34. The standard InChI is InChI=1S/C9H13F3N2O5/c1-4(3-9(10,11)12)13-8(19)14-5(7(17)18)2-6(15)16/h4-5H,2-3H2,1H3,(H,15,16)(H,17,18)(H2,13,14,19)/t4?,5-/m0/s1. The maximum Gasteiger partial charge on any atom is 0.391 e. The number of halogens is 3. The topological polar surface area (TPSA) is 116 Å². The molecule has 4 N–H and O–H groups in total. The maximum atomic E-state index is 12.0. The lowest BCUT2D eigenvalue weighted by molar-refractivity contribution is -0.145. The number of carbonyl (C=O) groups is 3. The van der Waals surface area contributed by atoms with E-state index in [-0.39, 0.29) is 0 Å². The van der Waals surface area contributed by atoms with Gasteiger partial charge in [-0.3, -0.25) is 4.79 Å². The molecule has 0 radical (unpaired) electrons. The molecule has 0 spiro atoms. The zero-order valence-electron chi connectivity index (χ0n) is 9.82. The van der Waals surface area contributed by atoms with Gasteiger partial charge in [0.25, 0.3) is 0 Å². The van der Waals surface area contributed by atoms with E-state index in [4.69, 9.17) is 10.2 Å². The number of aliphatic carboxylic acids is 2. The van der Waals surface area contributed by atoms with E-state index in [9.17, 15) is 27.6 Å². The van der Waals surface area contributed by atoms with Crippen molar-refractivity contribution in [3.05, 3.63) is 0 Å². The van der Waals surface area contributed by atoms with Crippen molar-refractivity contribution in [1.82, 2.24) is 10.6 Å². The van der Waals surface area contributed by atoms with Gasteiger partial charge >= 0.3 is 24.1 Å². The van der Waals surface area contributed by atoms with Gasteiger partial charge in [0.05, 0.1) is 12.8 Å². The number of hydrogen-bond donors (Lipinski definition) is 4. The fraction of sp³-hybridized carbons (Fsp3) is 0.667.